The lowest BCUT2D eigenvalue weighted by Crippen LogP contribution is -2.28. The third-order valence-corrected chi connectivity index (χ3v) is 5.46. The summed E-state index contributed by atoms with van der Waals surface area (Å²) < 4.78 is 5.92. The molecule has 2 heterocycles. The van der Waals surface area contributed by atoms with Gasteiger partial charge in [-0.1, -0.05) is 36.4 Å². The molecule has 1 fully saturated rings. The van der Waals surface area contributed by atoms with E-state index in [-0.39, 0.29) is 0 Å². The van der Waals surface area contributed by atoms with E-state index in [0.717, 1.165) is 25.3 Å². The summed E-state index contributed by atoms with van der Waals surface area (Å²) in [6.45, 7) is 1.89. The molecule has 3 aromatic rings. The molecule has 0 amide bonds. The Morgan fingerprint density at radius 3 is 2.68 bits per heavy atom. The van der Waals surface area contributed by atoms with Crippen LogP contribution in [-0.4, -0.2) is 19.2 Å². The van der Waals surface area contributed by atoms with Crippen LogP contribution in [0.3, 0.4) is 0 Å². The highest BCUT2D eigenvalue weighted by Gasteiger charge is 2.14. The van der Waals surface area contributed by atoms with Crippen molar-refractivity contribution in [3.05, 3.63) is 76.5 Å². The molecule has 128 valence electrons. The van der Waals surface area contributed by atoms with Gasteiger partial charge in [-0.15, -0.1) is 0 Å². The van der Waals surface area contributed by atoms with Crippen molar-refractivity contribution in [3.8, 4) is 16.9 Å². The van der Waals surface area contributed by atoms with Crippen molar-refractivity contribution in [2.24, 2.45) is 0 Å². The molecule has 3 heteroatoms. The average Bonchev–Trinajstić information content (AvgIpc) is 3.36. The van der Waals surface area contributed by atoms with Crippen LogP contribution in [0.25, 0.3) is 11.1 Å². The van der Waals surface area contributed by atoms with Crippen LogP contribution >= 0.6 is 11.3 Å². The third-order valence-electron chi connectivity index (χ3n) is 4.78. The van der Waals surface area contributed by atoms with Crippen molar-refractivity contribution in [1.82, 2.24) is 5.32 Å². The number of benzene rings is 2. The average molecular weight is 349 g/mol. The number of hydrogen-bond acceptors (Lipinski definition) is 3. The lowest BCUT2D eigenvalue weighted by molar-refractivity contribution is 0.277. The van der Waals surface area contributed by atoms with Gasteiger partial charge in [0.25, 0.3) is 0 Å². The predicted molar refractivity (Wildman–Crippen MR) is 106 cm³/mol. The second kappa shape index (κ2) is 7.85. The fraction of sp³-hybridized carbons (Fsp3) is 0.273. The smallest absolute Gasteiger partial charge is 0.119 e. The Morgan fingerprint density at radius 2 is 1.92 bits per heavy atom. The lowest BCUT2D eigenvalue weighted by Gasteiger charge is -2.13. The van der Waals surface area contributed by atoms with Crippen LogP contribution in [-0.2, 0) is 6.42 Å². The molecule has 1 N–H and O–H groups in total. The van der Waals surface area contributed by atoms with Gasteiger partial charge in [0, 0.05) is 6.04 Å². The summed E-state index contributed by atoms with van der Waals surface area (Å²) in [5, 5.41) is 7.82. The molecule has 1 aliphatic heterocycles. The van der Waals surface area contributed by atoms with Crippen LogP contribution < -0.4 is 10.1 Å². The molecule has 0 spiro atoms. The van der Waals surface area contributed by atoms with E-state index < -0.39 is 0 Å². The van der Waals surface area contributed by atoms with Gasteiger partial charge in [0.2, 0.25) is 0 Å². The molecule has 2 aromatic carbocycles. The van der Waals surface area contributed by atoms with Crippen molar-refractivity contribution in [3.63, 3.8) is 0 Å². The summed E-state index contributed by atoms with van der Waals surface area (Å²) in [7, 11) is 0. The third kappa shape index (κ3) is 4.12. The maximum absolute atomic E-state index is 5.92. The first-order chi connectivity index (χ1) is 12.4. The molecule has 4 rings (SSSR count). The molecule has 25 heavy (non-hydrogen) atoms. The fourth-order valence-electron chi connectivity index (χ4n) is 3.39. The summed E-state index contributed by atoms with van der Waals surface area (Å²) in [6.07, 6.45) is 3.42. The molecule has 0 aliphatic carbocycles. The van der Waals surface area contributed by atoms with Crippen LogP contribution in [0.5, 0.6) is 5.75 Å². The number of hydrogen-bond donors (Lipinski definition) is 1. The van der Waals surface area contributed by atoms with Crippen LogP contribution in [0.2, 0.25) is 0 Å². The SMILES string of the molecule is c1ccc(-c2ccsc2)c(Cc2ccc(OC[C@H]3CCCN3)cc2)c1. The maximum Gasteiger partial charge on any atom is 0.119 e. The Kier molecular flexibility index (Phi) is 5.14. The van der Waals surface area contributed by atoms with E-state index in [0.29, 0.717) is 6.04 Å². The second-order valence-electron chi connectivity index (χ2n) is 6.59. The summed E-state index contributed by atoms with van der Waals surface area (Å²) >= 11 is 1.75. The minimum absolute atomic E-state index is 0.511. The van der Waals surface area contributed by atoms with Crippen molar-refractivity contribution < 1.29 is 4.74 Å². The predicted octanol–water partition coefficient (Wildman–Crippen LogP) is 5.14. The zero-order chi connectivity index (χ0) is 16.9. The minimum atomic E-state index is 0.511. The van der Waals surface area contributed by atoms with Crippen LogP contribution in [0.4, 0.5) is 0 Å². The van der Waals surface area contributed by atoms with E-state index in [1.807, 2.05) is 0 Å². The van der Waals surface area contributed by atoms with Gasteiger partial charge in [0.1, 0.15) is 12.4 Å². The first kappa shape index (κ1) is 16.4. The van der Waals surface area contributed by atoms with Gasteiger partial charge < -0.3 is 10.1 Å². The van der Waals surface area contributed by atoms with Crippen molar-refractivity contribution in [1.29, 1.82) is 0 Å². The zero-order valence-corrected chi connectivity index (χ0v) is 15.1. The summed E-state index contributed by atoms with van der Waals surface area (Å²) in [4.78, 5) is 0. The Morgan fingerprint density at radius 1 is 1.04 bits per heavy atom. The molecular formula is C22H23NOS. The van der Waals surface area contributed by atoms with Gasteiger partial charge in [-0.2, -0.15) is 11.3 Å². The van der Waals surface area contributed by atoms with Crippen molar-refractivity contribution in [2.45, 2.75) is 25.3 Å². The highest BCUT2D eigenvalue weighted by atomic mass is 32.1. The Hall–Kier alpha value is -2.10. The number of ether oxygens (including phenoxy) is 1. The molecule has 1 saturated heterocycles. The summed E-state index contributed by atoms with van der Waals surface area (Å²) in [6, 6.07) is 19.9. The van der Waals surface area contributed by atoms with Gasteiger partial charge in [-0.3, -0.25) is 0 Å². The maximum atomic E-state index is 5.92. The van der Waals surface area contributed by atoms with E-state index >= 15 is 0 Å². The highest BCUT2D eigenvalue weighted by molar-refractivity contribution is 7.08. The van der Waals surface area contributed by atoms with E-state index in [2.05, 4.69) is 70.7 Å². The molecule has 1 aliphatic rings. The van der Waals surface area contributed by atoms with Gasteiger partial charge in [0.15, 0.2) is 0 Å². The normalized spacial score (nSPS) is 16.9. The van der Waals surface area contributed by atoms with Crippen molar-refractivity contribution >= 4 is 11.3 Å². The summed E-state index contributed by atoms with van der Waals surface area (Å²) in [5.74, 6) is 0.962. The molecule has 2 nitrogen and oxygen atoms in total. The number of thiophene rings is 1. The Bertz CT molecular complexity index is 789. The fourth-order valence-corrected chi connectivity index (χ4v) is 4.05. The number of nitrogens with one attached hydrogen (secondary N) is 1. The zero-order valence-electron chi connectivity index (χ0n) is 14.3. The molecule has 0 saturated carbocycles. The molecule has 1 aromatic heterocycles. The largest absolute Gasteiger partial charge is 0.492 e. The lowest BCUT2D eigenvalue weighted by atomic mass is 9.96. The number of rotatable bonds is 6. The van der Waals surface area contributed by atoms with Gasteiger partial charge in [-0.25, -0.2) is 0 Å². The summed E-state index contributed by atoms with van der Waals surface area (Å²) in [5.41, 5.74) is 5.32. The Labute approximate surface area is 153 Å². The first-order valence-corrected chi connectivity index (χ1v) is 9.88. The molecule has 1 atom stereocenters. The Balaban J connectivity index is 1.43. The van der Waals surface area contributed by atoms with Gasteiger partial charge >= 0.3 is 0 Å². The molecule has 0 radical (unpaired) electrons. The topological polar surface area (TPSA) is 21.3 Å². The van der Waals surface area contributed by atoms with E-state index in [1.165, 1.54) is 35.1 Å². The van der Waals surface area contributed by atoms with E-state index in [4.69, 9.17) is 4.74 Å². The second-order valence-corrected chi connectivity index (χ2v) is 7.37. The van der Waals surface area contributed by atoms with Crippen LogP contribution in [0.1, 0.15) is 24.0 Å². The monoisotopic (exact) mass is 349 g/mol. The first-order valence-electron chi connectivity index (χ1n) is 8.94. The standard InChI is InChI=1S/C22H23NOS/c1-2-6-22(19-11-13-25-16-19)18(4-1)14-17-7-9-21(10-8-17)24-15-20-5-3-12-23-20/h1-2,4,6-11,13,16,20,23H,3,5,12,14-15H2/t20-/m1/s1. The van der Waals surface area contributed by atoms with Crippen molar-refractivity contribution in [2.75, 3.05) is 13.2 Å². The van der Waals surface area contributed by atoms with E-state index in [9.17, 15) is 0 Å². The van der Waals surface area contributed by atoms with Crippen LogP contribution in [0.15, 0.2) is 65.4 Å². The van der Waals surface area contributed by atoms with Gasteiger partial charge in [-0.05, 0) is 77.0 Å². The molecular weight excluding hydrogens is 326 g/mol. The van der Waals surface area contributed by atoms with E-state index in [1.54, 1.807) is 11.3 Å². The minimum Gasteiger partial charge on any atom is -0.492 e. The van der Waals surface area contributed by atoms with Crippen LogP contribution in [0, 0.1) is 0 Å². The highest BCUT2D eigenvalue weighted by Crippen LogP contribution is 2.28. The molecule has 0 bridgehead atoms. The molecule has 0 unspecified atom stereocenters. The quantitative estimate of drug-likeness (QED) is 0.665. The van der Waals surface area contributed by atoms with Gasteiger partial charge in [0.05, 0.1) is 0 Å².